The van der Waals surface area contributed by atoms with E-state index in [9.17, 15) is 9.59 Å². The van der Waals surface area contributed by atoms with Gasteiger partial charge in [-0.05, 0) is 48.6 Å². The van der Waals surface area contributed by atoms with Crippen molar-refractivity contribution in [2.45, 2.75) is 90.5 Å². The van der Waals surface area contributed by atoms with E-state index in [0.29, 0.717) is 0 Å². The maximum absolute atomic E-state index is 12.0. The van der Waals surface area contributed by atoms with Gasteiger partial charge in [0.05, 0.1) is 18.9 Å². The van der Waals surface area contributed by atoms with Gasteiger partial charge in [0.2, 0.25) is 0 Å². The predicted molar refractivity (Wildman–Crippen MR) is 85.5 cm³/mol. The Balaban J connectivity index is 2.50. The fraction of sp³-hybridized carbons (Fsp3) is 0.882. The van der Waals surface area contributed by atoms with Gasteiger partial charge in [0.15, 0.2) is 0 Å². The first-order valence-electron chi connectivity index (χ1n) is 8.07. The molecule has 5 heteroatoms. The Morgan fingerprint density at radius 3 is 1.95 bits per heavy atom. The summed E-state index contributed by atoms with van der Waals surface area (Å²) in [6.45, 7) is 12.2. The highest BCUT2D eigenvalue weighted by atomic mass is 16.5. The number of piperidine rings is 1. The van der Waals surface area contributed by atoms with Gasteiger partial charge >= 0.3 is 11.9 Å². The molecule has 128 valence electrons. The molecule has 0 aliphatic carbocycles. The van der Waals surface area contributed by atoms with Crippen LogP contribution in [-0.4, -0.2) is 47.2 Å². The quantitative estimate of drug-likeness (QED) is 0.730. The summed E-state index contributed by atoms with van der Waals surface area (Å²) in [4.78, 5) is 25.8. The molecule has 0 atom stereocenters. The van der Waals surface area contributed by atoms with Crippen LogP contribution in [0, 0.1) is 0 Å². The molecule has 1 rings (SSSR count). The molecule has 5 nitrogen and oxygen atoms in total. The second kappa shape index (κ2) is 6.99. The second-order valence-corrected chi connectivity index (χ2v) is 7.74. The number of nitrogens with zero attached hydrogens (tertiary/aromatic N) is 1. The Labute approximate surface area is 134 Å². The fourth-order valence-corrected chi connectivity index (χ4v) is 3.13. The van der Waals surface area contributed by atoms with E-state index < -0.39 is 0 Å². The van der Waals surface area contributed by atoms with Crippen LogP contribution in [0.4, 0.5) is 0 Å². The van der Waals surface area contributed by atoms with Crippen molar-refractivity contribution in [2.24, 2.45) is 0 Å². The van der Waals surface area contributed by atoms with Crippen LogP contribution in [0.25, 0.3) is 0 Å². The van der Waals surface area contributed by atoms with Crippen LogP contribution in [0.1, 0.15) is 67.2 Å². The molecule has 1 saturated heterocycles. The van der Waals surface area contributed by atoms with Crippen molar-refractivity contribution in [1.82, 2.24) is 4.90 Å². The minimum absolute atomic E-state index is 0.0245. The molecular formula is C17H31NO4. The van der Waals surface area contributed by atoms with Crippen molar-refractivity contribution < 1.29 is 19.1 Å². The summed E-state index contributed by atoms with van der Waals surface area (Å²) < 4.78 is 10.6. The molecule has 0 radical (unpaired) electrons. The van der Waals surface area contributed by atoms with Gasteiger partial charge in [-0.3, -0.25) is 14.5 Å². The lowest BCUT2D eigenvalue weighted by Gasteiger charge is -2.53. The van der Waals surface area contributed by atoms with Gasteiger partial charge in [0.1, 0.15) is 6.10 Å². The molecule has 0 bridgehead atoms. The number of rotatable bonds is 5. The molecule has 22 heavy (non-hydrogen) atoms. The van der Waals surface area contributed by atoms with Gasteiger partial charge in [0.25, 0.3) is 0 Å². The maximum Gasteiger partial charge on any atom is 0.306 e. The van der Waals surface area contributed by atoms with Crippen molar-refractivity contribution >= 4 is 11.9 Å². The zero-order chi connectivity index (χ0) is 17.1. The highest BCUT2D eigenvalue weighted by molar-refractivity contribution is 5.77. The first-order valence-corrected chi connectivity index (χ1v) is 8.07. The Kier molecular flexibility index (Phi) is 6.02. The normalized spacial score (nSPS) is 21.6. The Morgan fingerprint density at radius 2 is 1.50 bits per heavy atom. The number of esters is 2. The average Bonchev–Trinajstić information content (AvgIpc) is 2.32. The summed E-state index contributed by atoms with van der Waals surface area (Å²) in [5.41, 5.74) is -0.0491. The van der Waals surface area contributed by atoms with E-state index in [-0.39, 0.29) is 48.1 Å². The van der Waals surface area contributed by atoms with Crippen LogP contribution in [-0.2, 0) is 19.1 Å². The monoisotopic (exact) mass is 313 g/mol. The van der Waals surface area contributed by atoms with Gasteiger partial charge in [-0.25, -0.2) is 0 Å². The van der Waals surface area contributed by atoms with Crippen LogP contribution >= 0.6 is 0 Å². The minimum Gasteiger partial charge on any atom is -0.463 e. The van der Waals surface area contributed by atoms with Gasteiger partial charge in [-0.15, -0.1) is 0 Å². The zero-order valence-corrected chi connectivity index (χ0v) is 15.1. The highest BCUT2D eigenvalue weighted by Crippen LogP contribution is 2.38. The number of carbonyl (C=O) groups excluding carboxylic acids is 2. The standard InChI is InChI=1S/C17H31NO4/c1-12(2)21-14(19)8-9-15(20)22-13-10-16(3,4)18(7)17(5,6)11-13/h12-13H,8-11H2,1-7H3. The molecule has 1 fully saturated rings. The van der Waals surface area contributed by atoms with Crippen LogP contribution in [0.15, 0.2) is 0 Å². The van der Waals surface area contributed by atoms with Crippen LogP contribution in [0.3, 0.4) is 0 Å². The molecule has 0 saturated carbocycles. The third-order valence-corrected chi connectivity index (χ3v) is 4.47. The molecule has 0 unspecified atom stereocenters. The van der Waals surface area contributed by atoms with Crippen molar-refractivity contribution in [1.29, 1.82) is 0 Å². The molecule has 0 aromatic rings. The SMILES string of the molecule is CC(C)OC(=O)CCC(=O)OC1CC(C)(C)N(C)C(C)(C)C1. The average molecular weight is 313 g/mol. The van der Waals surface area contributed by atoms with E-state index in [2.05, 4.69) is 39.6 Å². The maximum atomic E-state index is 12.0. The van der Waals surface area contributed by atoms with Crippen LogP contribution in [0.2, 0.25) is 0 Å². The summed E-state index contributed by atoms with van der Waals surface area (Å²) >= 11 is 0. The molecule has 1 aliphatic rings. The number of ether oxygens (including phenoxy) is 2. The van der Waals surface area contributed by atoms with Crippen LogP contribution in [0.5, 0.6) is 0 Å². The molecule has 1 heterocycles. The Bertz CT molecular complexity index is 397. The van der Waals surface area contributed by atoms with E-state index in [1.54, 1.807) is 13.8 Å². The molecule has 0 aromatic heterocycles. The molecule has 0 N–H and O–H groups in total. The number of hydrogen-bond donors (Lipinski definition) is 0. The lowest BCUT2D eigenvalue weighted by atomic mass is 9.79. The molecule has 0 amide bonds. The topological polar surface area (TPSA) is 55.8 Å². The van der Waals surface area contributed by atoms with Gasteiger partial charge in [-0.1, -0.05) is 0 Å². The highest BCUT2D eigenvalue weighted by Gasteiger charge is 2.44. The lowest BCUT2D eigenvalue weighted by molar-refractivity contribution is -0.162. The number of likely N-dealkylation sites (tertiary alicyclic amines) is 1. The van der Waals surface area contributed by atoms with E-state index in [1.165, 1.54) is 0 Å². The van der Waals surface area contributed by atoms with Gasteiger partial charge < -0.3 is 9.47 Å². The third-order valence-electron chi connectivity index (χ3n) is 4.47. The molecular weight excluding hydrogens is 282 g/mol. The Hall–Kier alpha value is -1.10. The van der Waals surface area contributed by atoms with Crippen molar-refractivity contribution in [3.8, 4) is 0 Å². The number of hydrogen-bond acceptors (Lipinski definition) is 5. The van der Waals surface area contributed by atoms with E-state index >= 15 is 0 Å². The predicted octanol–water partition coefficient (Wildman–Crippen LogP) is 2.91. The van der Waals surface area contributed by atoms with Gasteiger partial charge in [0, 0.05) is 23.9 Å². The van der Waals surface area contributed by atoms with E-state index in [0.717, 1.165) is 12.8 Å². The summed E-state index contributed by atoms with van der Waals surface area (Å²) in [6.07, 6.45) is 1.51. The fourth-order valence-electron chi connectivity index (χ4n) is 3.13. The largest absolute Gasteiger partial charge is 0.463 e. The van der Waals surface area contributed by atoms with Gasteiger partial charge in [-0.2, -0.15) is 0 Å². The van der Waals surface area contributed by atoms with E-state index in [1.807, 2.05) is 0 Å². The van der Waals surface area contributed by atoms with Crippen molar-refractivity contribution in [3.05, 3.63) is 0 Å². The second-order valence-electron chi connectivity index (χ2n) is 7.74. The first-order chi connectivity index (χ1) is 9.94. The summed E-state index contributed by atoms with van der Waals surface area (Å²) in [7, 11) is 2.11. The molecule has 0 spiro atoms. The van der Waals surface area contributed by atoms with Crippen molar-refractivity contribution in [2.75, 3.05) is 7.05 Å². The third kappa shape index (κ3) is 5.27. The summed E-state index contributed by atoms with van der Waals surface area (Å²) in [5.74, 6) is -0.669. The van der Waals surface area contributed by atoms with E-state index in [4.69, 9.17) is 9.47 Å². The number of carbonyl (C=O) groups is 2. The summed E-state index contributed by atoms with van der Waals surface area (Å²) in [5, 5.41) is 0. The summed E-state index contributed by atoms with van der Waals surface area (Å²) in [6, 6.07) is 0. The van der Waals surface area contributed by atoms with Crippen molar-refractivity contribution in [3.63, 3.8) is 0 Å². The minimum atomic E-state index is -0.351. The van der Waals surface area contributed by atoms with Crippen LogP contribution < -0.4 is 0 Å². The Morgan fingerprint density at radius 1 is 1.05 bits per heavy atom. The smallest absolute Gasteiger partial charge is 0.306 e. The molecule has 0 aromatic carbocycles. The molecule has 1 aliphatic heterocycles. The zero-order valence-electron chi connectivity index (χ0n) is 15.1. The lowest BCUT2D eigenvalue weighted by Crippen LogP contribution is -2.60. The first kappa shape index (κ1) is 18.9.